The standard InChI is InChI=1S/C12H9N3O3/c1-18-12(17)9-3-4-11(10(7-9)13-8-16)15-6-2-5-14-15/h2-7H,1H3. The second kappa shape index (κ2) is 5.07. The highest BCUT2D eigenvalue weighted by Crippen LogP contribution is 2.24. The number of carbonyl (C=O) groups is 1. The Labute approximate surface area is 103 Å². The van der Waals surface area contributed by atoms with Crippen LogP contribution in [0.15, 0.2) is 41.7 Å². The van der Waals surface area contributed by atoms with E-state index in [1.165, 1.54) is 23.9 Å². The highest BCUT2D eigenvalue weighted by Gasteiger charge is 2.10. The van der Waals surface area contributed by atoms with E-state index in [4.69, 9.17) is 0 Å². The van der Waals surface area contributed by atoms with Crippen LogP contribution in [0.2, 0.25) is 0 Å². The van der Waals surface area contributed by atoms with Crippen LogP contribution in [0, 0.1) is 0 Å². The van der Waals surface area contributed by atoms with Crippen molar-refractivity contribution in [1.82, 2.24) is 9.78 Å². The molecule has 0 aliphatic carbocycles. The summed E-state index contributed by atoms with van der Waals surface area (Å²) >= 11 is 0. The molecule has 0 aliphatic heterocycles. The highest BCUT2D eigenvalue weighted by atomic mass is 16.5. The predicted molar refractivity (Wildman–Crippen MR) is 62.7 cm³/mol. The van der Waals surface area contributed by atoms with E-state index in [2.05, 4.69) is 14.8 Å². The number of carbonyl (C=O) groups excluding carboxylic acids is 2. The predicted octanol–water partition coefficient (Wildman–Crippen LogP) is 1.63. The summed E-state index contributed by atoms with van der Waals surface area (Å²) in [6, 6.07) is 6.40. The molecule has 0 N–H and O–H groups in total. The Balaban J connectivity index is 2.55. The summed E-state index contributed by atoms with van der Waals surface area (Å²) in [4.78, 5) is 25.4. The Morgan fingerprint density at radius 3 is 2.94 bits per heavy atom. The van der Waals surface area contributed by atoms with Crippen molar-refractivity contribution in [3.05, 3.63) is 42.2 Å². The molecule has 1 aromatic carbocycles. The lowest BCUT2D eigenvalue weighted by Gasteiger charge is -2.06. The first-order valence-electron chi connectivity index (χ1n) is 5.06. The third-order valence-corrected chi connectivity index (χ3v) is 2.31. The maximum atomic E-state index is 11.4. The number of hydrogen-bond donors (Lipinski definition) is 0. The maximum Gasteiger partial charge on any atom is 0.337 e. The van der Waals surface area contributed by atoms with Crippen molar-refractivity contribution in [2.75, 3.05) is 7.11 Å². The lowest BCUT2D eigenvalue weighted by atomic mass is 10.1. The first kappa shape index (κ1) is 11.8. The maximum absolute atomic E-state index is 11.4. The number of isocyanates is 1. The van der Waals surface area contributed by atoms with Gasteiger partial charge in [0.05, 0.1) is 18.4 Å². The molecule has 6 heteroatoms. The van der Waals surface area contributed by atoms with Gasteiger partial charge in [0, 0.05) is 12.4 Å². The van der Waals surface area contributed by atoms with E-state index in [0.29, 0.717) is 16.9 Å². The molecule has 0 saturated carbocycles. The van der Waals surface area contributed by atoms with Gasteiger partial charge in [-0.3, -0.25) is 0 Å². The third kappa shape index (κ3) is 2.18. The molecule has 6 nitrogen and oxygen atoms in total. The zero-order chi connectivity index (χ0) is 13.0. The van der Waals surface area contributed by atoms with E-state index >= 15 is 0 Å². The number of rotatable bonds is 3. The molecule has 2 aromatic rings. The first-order chi connectivity index (χ1) is 8.76. The summed E-state index contributed by atoms with van der Waals surface area (Å²) in [5.41, 5.74) is 1.19. The molecule has 0 amide bonds. The van der Waals surface area contributed by atoms with Gasteiger partial charge in [-0.05, 0) is 24.3 Å². The van der Waals surface area contributed by atoms with Crippen molar-refractivity contribution < 1.29 is 14.3 Å². The smallest absolute Gasteiger partial charge is 0.337 e. The Morgan fingerprint density at radius 2 is 2.33 bits per heavy atom. The number of ether oxygens (including phenoxy) is 1. The molecule has 18 heavy (non-hydrogen) atoms. The van der Waals surface area contributed by atoms with Crippen LogP contribution in [0.3, 0.4) is 0 Å². The fraction of sp³-hybridized carbons (Fsp3) is 0.0833. The van der Waals surface area contributed by atoms with Gasteiger partial charge in [-0.2, -0.15) is 10.1 Å². The Hall–Kier alpha value is -2.72. The number of hydrogen-bond acceptors (Lipinski definition) is 5. The molecule has 0 fully saturated rings. The third-order valence-electron chi connectivity index (χ3n) is 2.31. The number of aliphatic imine (C=N–C) groups is 1. The molecule has 0 unspecified atom stereocenters. The van der Waals surface area contributed by atoms with Crippen LogP contribution >= 0.6 is 0 Å². The first-order valence-corrected chi connectivity index (χ1v) is 5.06. The lowest BCUT2D eigenvalue weighted by Crippen LogP contribution is -2.02. The van der Waals surface area contributed by atoms with Crippen LogP contribution in [-0.4, -0.2) is 28.9 Å². The van der Waals surface area contributed by atoms with Crippen LogP contribution in [0.4, 0.5) is 5.69 Å². The molecular weight excluding hydrogens is 234 g/mol. The van der Waals surface area contributed by atoms with Crippen molar-refractivity contribution in [3.8, 4) is 5.69 Å². The van der Waals surface area contributed by atoms with E-state index in [9.17, 15) is 9.59 Å². The van der Waals surface area contributed by atoms with E-state index in [1.807, 2.05) is 0 Å². The van der Waals surface area contributed by atoms with Crippen molar-refractivity contribution in [1.29, 1.82) is 0 Å². The molecular formula is C12H9N3O3. The largest absolute Gasteiger partial charge is 0.465 e. The average Bonchev–Trinajstić information content (AvgIpc) is 2.92. The summed E-state index contributed by atoms with van der Waals surface area (Å²) in [6.45, 7) is 0. The van der Waals surface area contributed by atoms with Crippen molar-refractivity contribution >= 4 is 17.7 Å². The van der Waals surface area contributed by atoms with Crippen molar-refractivity contribution in [2.45, 2.75) is 0 Å². The molecule has 0 radical (unpaired) electrons. The van der Waals surface area contributed by atoms with Gasteiger partial charge in [0.2, 0.25) is 6.08 Å². The molecule has 90 valence electrons. The minimum atomic E-state index is -0.496. The Morgan fingerprint density at radius 1 is 1.50 bits per heavy atom. The van der Waals surface area contributed by atoms with E-state index in [-0.39, 0.29) is 0 Å². The van der Waals surface area contributed by atoms with Crippen LogP contribution in [0.1, 0.15) is 10.4 Å². The van der Waals surface area contributed by atoms with Crippen LogP contribution in [0.25, 0.3) is 5.69 Å². The minimum Gasteiger partial charge on any atom is -0.465 e. The van der Waals surface area contributed by atoms with E-state index in [0.717, 1.165) is 0 Å². The molecule has 0 spiro atoms. The van der Waals surface area contributed by atoms with E-state index in [1.54, 1.807) is 30.6 Å². The van der Waals surface area contributed by atoms with Gasteiger partial charge < -0.3 is 4.74 Å². The molecule has 0 saturated heterocycles. The Bertz CT molecular complexity index is 614. The van der Waals surface area contributed by atoms with Gasteiger partial charge in [0.15, 0.2) is 0 Å². The zero-order valence-corrected chi connectivity index (χ0v) is 9.53. The topological polar surface area (TPSA) is 73.6 Å². The van der Waals surface area contributed by atoms with Crippen LogP contribution in [-0.2, 0) is 9.53 Å². The van der Waals surface area contributed by atoms with Gasteiger partial charge >= 0.3 is 5.97 Å². The number of benzene rings is 1. The summed E-state index contributed by atoms with van der Waals surface area (Å²) in [7, 11) is 1.28. The monoisotopic (exact) mass is 243 g/mol. The molecule has 0 atom stereocenters. The molecule has 1 heterocycles. The van der Waals surface area contributed by atoms with Gasteiger partial charge in [-0.25, -0.2) is 14.3 Å². The fourth-order valence-corrected chi connectivity index (χ4v) is 1.51. The number of esters is 1. The average molecular weight is 243 g/mol. The number of nitrogens with zero attached hydrogens (tertiary/aromatic N) is 3. The lowest BCUT2D eigenvalue weighted by molar-refractivity contribution is 0.0601. The van der Waals surface area contributed by atoms with Crippen molar-refractivity contribution in [3.63, 3.8) is 0 Å². The number of aromatic nitrogens is 2. The van der Waals surface area contributed by atoms with E-state index < -0.39 is 5.97 Å². The molecule has 1 aromatic heterocycles. The summed E-state index contributed by atoms with van der Waals surface area (Å²) in [5, 5.41) is 4.03. The minimum absolute atomic E-state index is 0.302. The molecule has 0 aliphatic rings. The summed E-state index contributed by atoms with van der Waals surface area (Å²) in [5.74, 6) is -0.496. The normalized spacial score (nSPS) is 9.61. The quantitative estimate of drug-likeness (QED) is 0.466. The zero-order valence-electron chi connectivity index (χ0n) is 9.53. The van der Waals surface area contributed by atoms with Gasteiger partial charge in [0.1, 0.15) is 5.69 Å². The van der Waals surface area contributed by atoms with Crippen molar-refractivity contribution in [2.24, 2.45) is 4.99 Å². The van der Waals surface area contributed by atoms with Crippen LogP contribution in [0.5, 0.6) is 0 Å². The number of methoxy groups -OCH3 is 1. The van der Waals surface area contributed by atoms with Gasteiger partial charge in [0.25, 0.3) is 0 Å². The summed E-state index contributed by atoms with van der Waals surface area (Å²) < 4.78 is 6.14. The van der Waals surface area contributed by atoms with Gasteiger partial charge in [-0.1, -0.05) is 0 Å². The second-order valence-corrected chi connectivity index (χ2v) is 3.35. The molecule has 0 bridgehead atoms. The van der Waals surface area contributed by atoms with Gasteiger partial charge in [-0.15, -0.1) is 0 Å². The highest BCUT2D eigenvalue weighted by molar-refractivity contribution is 5.91. The summed E-state index contributed by atoms with van der Waals surface area (Å²) in [6.07, 6.45) is 4.76. The Kier molecular flexibility index (Phi) is 3.31. The molecule has 2 rings (SSSR count). The fourth-order valence-electron chi connectivity index (χ4n) is 1.51. The van der Waals surface area contributed by atoms with Crippen LogP contribution < -0.4 is 0 Å². The second-order valence-electron chi connectivity index (χ2n) is 3.35. The SMILES string of the molecule is COC(=O)c1ccc(-n2cccn2)c(N=C=O)c1.